The molecule has 0 aliphatic heterocycles. The minimum absolute atomic E-state index is 0.0994. The highest BCUT2D eigenvalue weighted by molar-refractivity contribution is 5.93. The maximum atomic E-state index is 12.0. The second-order valence-electron chi connectivity index (χ2n) is 4.97. The molecule has 1 saturated carbocycles. The third-order valence-corrected chi connectivity index (χ3v) is 3.39. The van der Waals surface area contributed by atoms with Gasteiger partial charge in [0.25, 0.3) is 0 Å². The molecule has 0 aromatic heterocycles. The van der Waals surface area contributed by atoms with E-state index in [1.165, 1.54) is 0 Å². The minimum atomic E-state index is -0.500. The molecule has 1 aliphatic carbocycles. The molecule has 2 rings (SSSR count). The Hall–Kier alpha value is -1.55. The zero-order valence-corrected chi connectivity index (χ0v) is 11.3. The van der Waals surface area contributed by atoms with Crippen molar-refractivity contribution >= 4 is 11.6 Å². The molecule has 1 amide bonds. The van der Waals surface area contributed by atoms with Gasteiger partial charge in [-0.25, -0.2) is 0 Å². The van der Waals surface area contributed by atoms with E-state index in [1.807, 2.05) is 31.2 Å². The number of hydrogen-bond donors (Lipinski definition) is 2. The lowest BCUT2D eigenvalue weighted by molar-refractivity contribution is -0.122. The van der Waals surface area contributed by atoms with Crippen LogP contribution in [0.15, 0.2) is 24.3 Å². The Morgan fingerprint density at radius 2 is 2.32 bits per heavy atom. The molecule has 1 aliphatic rings. The van der Waals surface area contributed by atoms with Crippen molar-refractivity contribution in [3.63, 3.8) is 0 Å². The second kappa shape index (κ2) is 6.57. The molecule has 0 spiro atoms. The molecule has 0 saturated heterocycles. The summed E-state index contributed by atoms with van der Waals surface area (Å²) in [6.07, 6.45) is 2.85. The topological polar surface area (TPSA) is 58.6 Å². The lowest BCUT2D eigenvalue weighted by Crippen LogP contribution is -2.28. The highest BCUT2D eigenvalue weighted by Crippen LogP contribution is 2.27. The first-order valence-corrected chi connectivity index (χ1v) is 6.92. The summed E-state index contributed by atoms with van der Waals surface area (Å²) >= 11 is 0. The monoisotopic (exact) mass is 263 g/mol. The van der Waals surface area contributed by atoms with Gasteiger partial charge in [-0.3, -0.25) is 4.79 Å². The average molecular weight is 263 g/mol. The third-order valence-electron chi connectivity index (χ3n) is 3.39. The number of nitrogens with one attached hydrogen (secondary N) is 1. The fraction of sp³-hybridized carbons (Fsp3) is 0.533. The SMILES string of the molecule is CCCOc1cccc(NC(=O)C2CCCC2O)c1. The van der Waals surface area contributed by atoms with Gasteiger partial charge < -0.3 is 15.2 Å². The van der Waals surface area contributed by atoms with E-state index in [-0.39, 0.29) is 11.8 Å². The summed E-state index contributed by atoms with van der Waals surface area (Å²) in [5.74, 6) is 0.379. The molecule has 4 heteroatoms. The first-order valence-electron chi connectivity index (χ1n) is 6.92. The second-order valence-corrected chi connectivity index (χ2v) is 4.97. The van der Waals surface area contributed by atoms with E-state index in [0.29, 0.717) is 6.61 Å². The van der Waals surface area contributed by atoms with Crippen LogP contribution in [-0.2, 0) is 4.79 Å². The number of aliphatic hydroxyl groups is 1. The molecule has 1 aromatic carbocycles. The van der Waals surface area contributed by atoms with Gasteiger partial charge in [0.2, 0.25) is 5.91 Å². The number of rotatable bonds is 5. The van der Waals surface area contributed by atoms with Crippen LogP contribution in [0.2, 0.25) is 0 Å². The maximum absolute atomic E-state index is 12.0. The van der Waals surface area contributed by atoms with E-state index in [9.17, 15) is 9.90 Å². The number of carbonyl (C=O) groups excluding carboxylic acids is 1. The normalized spacial score (nSPS) is 22.2. The predicted octanol–water partition coefficient (Wildman–Crippen LogP) is 2.57. The summed E-state index contributed by atoms with van der Waals surface area (Å²) in [5.41, 5.74) is 0.720. The smallest absolute Gasteiger partial charge is 0.230 e. The van der Waals surface area contributed by atoms with Gasteiger partial charge in [-0.2, -0.15) is 0 Å². The number of carbonyl (C=O) groups is 1. The lowest BCUT2D eigenvalue weighted by Gasteiger charge is -2.15. The van der Waals surface area contributed by atoms with Crippen LogP contribution in [0, 0.1) is 5.92 Å². The maximum Gasteiger partial charge on any atom is 0.230 e. The Labute approximate surface area is 113 Å². The van der Waals surface area contributed by atoms with Crippen LogP contribution >= 0.6 is 0 Å². The van der Waals surface area contributed by atoms with Gasteiger partial charge >= 0.3 is 0 Å². The van der Waals surface area contributed by atoms with E-state index in [1.54, 1.807) is 0 Å². The predicted molar refractivity (Wildman–Crippen MR) is 74.2 cm³/mol. The number of aliphatic hydroxyl groups excluding tert-OH is 1. The first-order chi connectivity index (χ1) is 9.20. The molecule has 0 radical (unpaired) electrons. The van der Waals surface area contributed by atoms with E-state index in [0.717, 1.165) is 37.1 Å². The van der Waals surface area contributed by atoms with Gasteiger partial charge in [-0.1, -0.05) is 13.0 Å². The van der Waals surface area contributed by atoms with Crippen LogP contribution in [0.1, 0.15) is 32.6 Å². The van der Waals surface area contributed by atoms with E-state index < -0.39 is 6.10 Å². The van der Waals surface area contributed by atoms with Crippen molar-refractivity contribution in [2.75, 3.05) is 11.9 Å². The van der Waals surface area contributed by atoms with Gasteiger partial charge in [-0.15, -0.1) is 0 Å². The van der Waals surface area contributed by atoms with Crippen LogP contribution in [0.4, 0.5) is 5.69 Å². The zero-order chi connectivity index (χ0) is 13.7. The highest BCUT2D eigenvalue weighted by Gasteiger charge is 2.31. The molecule has 19 heavy (non-hydrogen) atoms. The molecular formula is C15H21NO3. The van der Waals surface area contributed by atoms with Crippen molar-refractivity contribution in [2.24, 2.45) is 5.92 Å². The fourth-order valence-electron chi connectivity index (χ4n) is 2.36. The summed E-state index contributed by atoms with van der Waals surface area (Å²) in [6, 6.07) is 7.37. The van der Waals surface area contributed by atoms with Gasteiger partial charge in [-0.05, 0) is 37.8 Å². The lowest BCUT2D eigenvalue weighted by atomic mass is 10.1. The number of amides is 1. The van der Waals surface area contributed by atoms with Gasteiger partial charge in [0.1, 0.15) is 5.75 Å². The van der Waals surface area contributed by atoms with E-state index in [4.69, 9.17) is 4.74 Å². The summed E-state index contributed by atoms with van der Waals surface area (Å²) in [6.45, 7) is 2.71. The number of ether oxygens (including phenoxy) is 1. The van der Waals surface area contributed by atoms with Crippen LogP contribution in [0.3, 0.4) is 0 Å². The molecule has 1 aromatic rings. The highest BCUT2D eigenvalue weighted by atomic mass is 16.5. The van der Waals surface area contributed by atoms with Crippen molar-refractivity contribution in [3.05, 3.63) is 24.3 Å². The molecule has 104 valence electrons. The van der Waals surface area contributed by atoms with E-state index >= 15 is 0 Å². The molecule has 0 heterocycles. The average Bonchev–Trinajstić information content (AvgIpc) is 2.83. The molecule has 4 nitrogen and oxygen atoms in total. The molecule has 2 unspecified atom stereocenters. The van der Waals surface area contributed by atoms with Crippen molar-refractivity contribution in [1.82, 2.24) is 0 Å². The van der Waals surface area contributed by atoms with Crippen LogP contribution in [-0.4, -0.2) is 23.7 Å². The van der Waals surface area contributed by atoms with Gasteiger partial charge in [0.15, 0.2) is 0 Å². The summed E-state index contributed by atoms with van der Waals surface area (Å²) in [4.78, 5) is 12.0. The summed E-state index contributed by atoms with van der Waals surface area (Å²) in [5, 5.41) is 12.6. The number of hydrogen-bond acceptors (Lipinski definition) is 3. The van der Waals surface area contributed by atoms with Gasteiger partial charge in [0, 0.05) is 11.8 Å². The quantitative estimate of drug-likeness (QED) is 0.858. The Morgan fingerprint density at radius 1 is 1.47 bits per heavy atom. The third kappa shape index (κ3) is 3.70. The van der Waals surface area contributed by atoms with Crippen LogP contribution in [0.25, 0.3) is 0 Å². The van der Waals surface area contributed by atoms with Crippen molar-refractivity contribution in [1.29, 1.82) is 0 Å². The van der Waals surface area contributed by atoms with E-state index in [2.05, 4.69) is 5.32 Å². The Bertz CT molecular complexity index is 433. The van der Waals surface area contributed by atoms with Crippen LogP contribution < -0.4 is 10.1 Å². The van der Waals surface area contributed by atoms with Crippen molar-refractivity contribution in [2.45, 2.75) is 38.7 Å². The molecule has 2 N–H and O–H groups in total. The Kier molecular flexibility index (Phi) is 4.80. The summed E-state index contributed by atoms with van der Waals surface area (Å²) < 4.78 is 5.52. The standard InChI is InChI=1S/C15H21NO3/c1-2-9-19-12-6-3-5-11(10-12)16-15(18)13-7-4-8-14(13)17/h3,5-6,10,13-14,17H,2,4,7-9H2,1H3,(H,16,18). The van der Waals surface area contributed by atoms with Crippen molar-refractivity contribution in [3.8, 4) is 5.75 Å². The largest absolute Gasteiger partial charge is 0.494 e. The van der Waals surface area contributed by atoms with Crippen LogP contribution in [0.5, 0.6) is 5.75 Å². The Morgan fingerprint density at radius 3 is 3.00 bits per heavy atom. The van der Waals surface area contributed by atoms with Gasteiger partial charge in [0.05, 0.1) is 18.6 Å². The molecule has 1 fully saturated rings. The van der Waals surface area contributed by atoms with Crippen molar-refractivity contribution < 1.29 is 14.6 Å². The number of benzene rings is 1. The molecule has 0 bridgehead atoms. The number of anilines is 1. The Balaban J connectivity index is 1.96. The molecule has 2 atom stereocenters. The first kappa shape index (κ1) is 13.9. The summed E-state index contributed by atoms with van der Waals surface area (Å²) in [7, 11) is 0. The minimum Gasteiger partial charge on any atom is -0.494 e. The zero-order valence-electron chi connectivity index (χ0n) is 11.3. The fourth-order valence-corrected chi connectivity index (χ4v) is 2.36. The molecular weight excluding hydrogens is 242 g/mol.